The number of rotatable bonds is 7. The topological polar surface area (TPSA) is 83.8 Å². The molecule has 0 aromatic carbocycles. The van der Waals surface area contributed by atoms with Gasteiger partial charge in [0.1, 0.15) is 0 Å². The molecule has 2 N–H and O–H groups in total. The zero-order valence-electron chi connectivity index (χ0n) is 14.2. The van der Waals surface area contributed by atoms with Crippen LogP contribution in [0.3, 0.4) is 0 Å². The van der Waals surface area contributed by atoms with Crippen LogP contribution in [0.25, 0.3) is 0 Å². The minimum Gasteiger partial charge on any atom is -0.478 e. The van der Waals surface area contributed by atoms with Crippen LogP contribution in [-0.4, -0.2) is 35.4 Å². The van der Waals surface area contributed by atoms with Crippen molar-refractivity contribution in [3.05, 3.63) is 23.8 Å². The Kier molecular flexibility index (Phi) is 4.56. The first-order chi connectivity index (χ1) is 11.3. The third-order valence-corrected chi connectivity index (χ3v) is 6.49. The smallest absolute Gasteiger partial charge is 0.333 e. The summed E-state index contributed by atoms with van der Waals surface area (Å²) in [6, 6.07) is 0. The van der Waals surface area contributed by atoms with Gasteiger partial charge in [0.2, 0.25) is 0 Å². The van der Waals surface area contributed by atoms with Crippen LogP contribution >= 0.6 is 0 Å². The molecule has 0 radical (unpaired) electrons. The Bertz CT molecular complexity index is 561. The fraction of sp³-hybridized carbons (Fsp3) is 0.684. The zero-order chi connectivity index (χ0) is 17.5. The van der Waals surface area contributed by atoms with Crippen LogP contribution in [0.2, 0.25) is 0 Å². The molecular formula is C19H26O5. The molecule has 0 aliphatic heterocycles. The van der Waals surface area contributed by atoms with Gasteiger partial charge in [-0.1, -0.05) is 19.6 Å². The molecule has 0 aromatic rings. The average molecular weight is 334 g/mol. The molecular weight excluding hydrogens is 308 g/mol. The quantitative estimate of drug-likeness (QED) is 0.699. The van der Waals surface area contributed by atoms with E-state index in [1.807, 2.05) is 6.08 Å². The molecule has 0 heterocycles. The molecule has 5 nitrogen and oxygen atoms in total. The van der Waals surface area contributed by atoms with Gasteiger partial charge in [-0.3, -0.25) is 0 Å². The number of carbonyl (C=O) groups is 2. The van der Waals surface area contributed by atoms with E-state index in [0.717, 1.165) is 11.8 Å². The molecule has 4 rings (SSSR count). The lowest BCUT2D eigenvalue weighted by molar-refractivity contribution is -0.133. The Morgan fingerprint density at radius 2 is 1.58 bits per heavy atom. The number of allylic oxidation sites excluding steroid dienone is 1. The van der Waals surface area contributed by atoms with E-state index in [1.165, 1.54) is 32.1 Å². The van der Waals surface area contributed by atoms with Gasteiger partial charge in [-0.05, 0) is 61.2 Å². The maximum absolute atomic E-state index is 11.6. The number of carboxylic acid groups (broad SMARTS) is 2. The summed E-state index contributed by atoms with van der Waals surface area (Å²) >= 11 is 0. The molecule has 4 aliphatic carbocycles. The molecule has 4 aliphatic rings. The summed E-state index contributed by atoms with van der Waals surface area (Å²) in [7, 11) is 0. The SMILES string of the molecule is C=C(COC/C(=C/C1(C)C2CC3CC(C2)CC1C3)C(=O)O)C(=O)O. The van der Waals surface area contributed by atoms with Crippen molar-refractivity contribution >= 4 is 11.9 Å². The van der Waals surface area contributed by atoms with E-state index < -0.39 is 11.9 Å². The molecule has 4 fully saturated rings. The standard InChI is InChI=1S/C19H26O5/c1-11(17(20)21)9-24-10-14(18(22)23)8-19(2)15-4-12-3-13(6-15)7-16(19)5-12/h8,12-13,15-16H,1,3-7,9-10H2,2H3,(H,20,21)(H,22,23)/b14-8-. The maximum Gasteiger partial charge on any atom is 0.333 e. The van der Waals surface area contributed by atoms with Gasteiger partial charge in [0.25, 0.3) is 0 Å². The largest absolute Gasteiger partial charge is 0.478 e. The molecule has 0 aromatic heterocycles. The van der Waals surface area contributed by atoms with Crippen molar-refractivity contribution in [2.24, 2.45) is 29.1 Å². The van der Waals surface area contributed by atoms with E-state index in [9.17, 15) is 14.7 Å². The number of hydrogen-bond acceptors (Lipinski definition) is 3. The van der Waals surface area contributed by atoms with Gasteiger partial charge < -0.3 is 14.9 Å². The average Bonchev–Trinajstić information content (AvgIpc) is 2.50. The summed E-state index contributed by atoms with van der Waals surface area (Å²) < 4.78 is 5.29. The van der Waals surface area contributed by atoms with Crippen LogP contribution in [0, 0.1) is 29.1 Å². The zero-order valence-corrected chi connectivity index (χ0v) is 14.2. The highest BCUT2D eigenvalue weighted by atomic mass is 16.5. The van der Waals surface area contributed by atoms with Gasteiger partial charge >= 0.3 is 11.9 Å². The van der Waals surface area contributed by atoms with Crippen LogP contribution in [0.15, 0.2) is 23.8 Å². The molecule has 0 amide bonds. The molecule has 5 heteroatoms. The summed E-state index contributed by atoms with van der Waals surface area (Å²) in [5, 5.41) is 18.3. The second kappa shape index (κ2) is 6.36. The molecule has 132 valence electrons. The lowest BCUT2D eigenvalue weighted by Crippen LogP contribution is -2.50. The fourth-order valence-corrected chi connectivity index (χ4v) is 5.32. The summed E-state index contributed by atoms with van der Waals surface area (Å²) in [6.45, 7) is 5.36. The van der Waals surface area contributed by atoms with E-state index in [0.29, 0.717) is 11.8 Å². The van der Waals surface area contributed by atoms with Crippen LogP contribution in [0.4, 0.5) is 0 Å². The van der Waals surface area contributed by atoms with Crippen molar-refractivity contribution < 1.29 is 24.5 Å². The van der Waals surface area contributed by atoms with Gasteiger partial charge in [-0.15, -0.1) is 0 Å². The van der Waals surface area contributed by atoms with Gasteiger partial charge in [-0.2, -0.15) is 0 Å². The first-order valence-corrected chi connectivity index (χ1v) is 8.73. The normalized spacial score (nSPS) is 37.5. The van der Waals surface area contributed by atoms with Crippen LogP contribution in [-0.2, 0) is 14.3 Å². The summed E-state index contributed by atoms with van der Waals surface area (Å²) in [6.07, 6.45) is 8.13. The summed E-state index contributed by atoms with van der Waals surface area (Å²) in [5.41, 5.74) is 0.0950. The van der Waals surface area contributed by atoms with E-state index in [4.69, 9.17) is 9.84 Å². The van der Waals surface area contributed by atoms with Crippen molar-refractivity contribution in [3.63, 3.8) is 0 Å². The highest BCUT2D eigenvalue weighted by Gasteiger charge is 2.53. The molecule has 24 heavy (non-hydrogen) atoms. The van der Waals surface area contributed by atoms with Gasteiger partial charge in [0, 0.05) is 0 Å². The molecule has 4 saturated carbocycles. The lowest BCUT2D eigenvalue weighted by Gasteiger charge is -2.59. The van der Waals surface area contributed by atoms with Crippen LogP contribution in [0.1, 0.15) is 39.0 Å². The number of ether oxygens (including phenoxy) is 1. The van der Waals surface area contributed by atoms with Crippen molar-refractivity contribution in [1.29, 1.82) is 0 Å². The van der Waals surface area contributed by atoms with Gasteiger partial charge in [-0.25, -0.2) is 9.59 Å². The molecule has 0 unspecified atom stereocenters. The van der Waals surface area contributed by atoms with Crippen molar-refractivity contribution in [1.82, 2.24) is 0 Å². The van der Waals surface area contributed by atoms with Gasteiger partial charge in [0.15, 0.2) is 0 Å². The number of aliphatic carboxylic acids is 2. The Labute approximate surface area is 142 Å². The Balaban J connectivity index is 1.72. The van der Waals surface area contributed by atoms with E-state index in [1.54, 1.807) is 0 Å². The van der Waals surface area contributed by atoms with E-state index in [-0.39, 0.29) is 29.8 Å². The highest BCUT2D eigenvalue weighted by Crippen LogP contribution is 2.62. The number of hydrogen-bond donors (Lipinski definition) is 2. The fourth-order valence-electron chi connectivity index (χ4n) is 5.32. The minimum absolute atomic E-state index is 0.0689. The Hall–Kier alpha value is -1.62. The van der Waals surface area contributed by atoms with Crippen LogP contribution in [0.5, 0.6) is 0 Å². The molecule has 0 spiro atoms. The monoisotopic (exact) mass is 334 g/mol. The summed E-state index contributed by atoms with van der Waals surface area (Å²) in [4.78, 5) is 22.4. The maximum atomic E-state index is 11.6. The molecule has 0 saturated heterocycles. The first-order valence-electron chi connectivity index (χ1n) is 8.73. The van der Waals surface area contributed by atoms with Crippen molar-refractivity contribution in [2.45, 2.75) is 39.0 Å². The minimum atomic E-state index is -1.12. The predicted molar refractivity (Wildman–Crippen MR) is 88.5 cm³/mol. The molecule has 0 atom stereocenters. The third-order valence-electron chi connectivity index (χ3n) is 6.49. The summed E-state index contributed by atoms with van der Waals surface area (Å²) in [5.74, 6) is 0.693. The van der Waals surface area contributed by atoms with E-state index in [2.05, 4.69) is 13.5 Å². The Morgan fingerprint density at radius 3 is 2.04 bits per heavy atom. The second-order valence-electron chi connectivity index (χ2n) is 8.05. The van der Waals surface area contributed by atoms with Crippen molar-refractivity contribution in [2.75, 3.05) is 13.2 Å². The second-order valence-corrected chi connectivity index (χ2v) is 8.05. The van der Waals surface area contributed by atoms with Crippen molar-refractivity contribution in [3.8, 4) is 0 Å². The molecule has 4 bridgehead atoms. The van der Waals surface area contributed by atoms with Gasteiger partial charge in [0.05, 0.1) is 24.4 Å². The predicted octanol–water partition coefficient (Wildman–Crippen LogP) is 3.12. The Morgan fingerprint density at radius 1 is 1.04 bits per heavy atom. The third kappa shape index (κ3) is 3.14. The van der Waals surface area contributed by atoms with E-state index >= 15 is 0 Å². The number of carboxylic acids is 2. The van der Waals surface area contributed by atoms with Crippen LogP contribution < -0.4 is 0 Å². The lowest BCUT2D eigenvalue weighted by atomic mass is 9.46. The highest BCUT2D eigenvalue weighted by molar-refractivity contribution is 5.87. The first kappa shape index (κ1) is 17.2.